The molecule has 0 aliphatic rings. The number of ether oxygens (including phenoxy) is 1. The SMILES string of the molecule is Cc1nn(Cc2ccc(F)cc2)c(Cl)c1C(=O)NCc1ccccc1OC(F)F. The lowest BCUT2D eigenvalue weighted by atomic mass is 10.2. The first-order chi connectivity index (χ1) is 13.8. The van der Waals surface area contributed by atoms with E-state index in [0.717, 1.165) is 5.56 Å². The molecule has 0 fully saturated rings. The third kappa shape index (κ3) is 5.08. The number of para-hydroxylation sites is 1. The van der Waals surface area contributed by atoms with E-state index >= 15 is 0 Å². The number of amides is 1. The van der Waals surface area contributed by atoms with Crippen LogP contribution in [0.15, 0.2) is 48.5 Å². The highest BCUT2D eigenvalue weighted by molar-refractivity contribution is 6.33. The van der Waals surface area contributed by atoms with E-state index < -0.39 is 12.5 Å². The number of hydrogen-bond donors (Lipinski definition) is 1. The zero-order valence-corrected chi connectivity index (χ0v) is 16.1. The Morgan fingerprint density at radius 2 is 1.90 bits per heavy atom. The van der Waals surface area contributed by atoms with Crippen LogP contribution in [0.5, 0.6) is 5.75 Å². The van der Waals surface area contributed by atoms with Crippen molar-refractivity contribution in [1.29, 1.82) is 0 Å². The van der Waals surface area contributed by atoms with Gasteiger partial charge >= 0.3 is 6.61 Å². The van der Waals surface area contributed by atoms with E-state index in [9.17, 15) is 18.0 Å². The molecule has 3 aromatic rings. The van der Waals surface area contributed by atoms with Gasteiger partial charge in [0.2, 0.25) is 0 Å². The van der Waals surface area contributed by atoms with Gasteiger partial charge in [-0.1, -0.05) is 41.9 Å². The van der Waals surface area contributed by atoms with Gasteiger partial charge in [0.25, 0.3) is 5.91 Å². The van der Waals surface area contributed by atoms with Gasteiger partial charge in [-0.2, -0.15) is 13.9 Å². The summed E-state index contributed by atoms with van der Waals surface area (Å²) in [6.07, 6.45) is 0. The van der Waals surface area contributed by atoms with Gasteiger partial charge < -0.3 is 10.1 Å². The van der Waals surface area contributed by atoms with Crippen LogP contribution >= 0.6 is 11.6 Å². The van der Waals surface area contributed by atoms with Crippen molar-refractivity contribution in [2.24, 2.45) is 0 Å². The highest BCUT2D eigenvalue weighted by atomic mass is 35.5. The number of halogens is 4. The summed E-state index contributed by atoms with van der Waals surface area (Å²) in [5, 5.41) is 7.04. The van der Waals surface area contributed by atoms with E-state index in [4.69, 9.17) is 11.6 Å². The number of carbonyl (C=O) groups is 1. The predicted molar refractivity (Wildman–Crippen MR) is 102 cm³/mol. The highest BCUT2D eigenvalue weighted by Gasteiger charge is 2.21. The van der Waals surface area contributed by atoms with E-state index in [2.05, 4.69) is 15.2 Å². The minimum atomic E-state index is -2.96. The second-order valence-corrected chi connectivity index (χ2v) is 6.56. The summed E-state index contributed by atoms with van der Waals surface area (Å²) in [5.74, 6) is -0.866. The Labute approximate surface area is 170 Å². The van der Waals surface area contributed by atoms with Crippen LogP contribution in [0.3, 0.4) is 0 Å². The maximum absolute atomic E-state index is 13.0. The topological polar surface area (TPSA) is 56.2 Å². The number of benzene rings is 2. The van der Waals surface area contributed by atoms with Crippen molar-refractivity contribution in [3.8, 4) is 5.75 Å². The molecular weight excluding hydrogens is 407 g/mol. The Hall–Kier alpha value is -3.00. The van der Waals surface area contributed by atoms with Crippen LogP contribution < -0.4 is 10.1 Å². The number of hydrogen-bond acceptors (Lipinski definition) is 3. The molecule has 0 bridgehead atoms. The van der Waals surface area contributed by atoms with Crippen LogP contribution in [0, 0.1) is 12.7 Å². The zero-order chi connectivity index (χ0) is 21.0. The highest BCUT2D eigenvalue weighted by Crippen LogP contribution is 2.23. The van der Waals surface area contributed by atoms with Gasteiger partial charge in [0.05, 0.1) is 17.8 Å². The van der Waals surface area contributed by atoms with Gasteiger partial charge in [0.1, 0.15) is 16.7 Å². The third-order valence-corrected chi connectivity index (χ3v) is 4.55. The van der Waals surface area contributed by atoms with E-state index in [1.165, 1.54) is 22.9 Å². The number of nitrogens with zero attached hydrogens (tertiary/aromatic N) is 2. The molecule has 2 aromatic carbocycles. The monoisotopic (exact) mass is 423 g/mol. The number of rotatable bonds is 7. The second-order valence-electron chi connectivity index (χ2n) is 6.20. The van der Waals surface area contributed by atoms with Gasteiger partial charge in [-0.3, -0.25) is 4.79 Å². The molecule has 0 unspecified atom stereocenters. The standard InChI is InChI=1S/C20H17ClF3N3O2/c1-12-17(18(21)27(26-12)11-13-6-8-15(22)9-7-13)19(28)25-10-14-4-2-3-5-16(14)29-20(23)24/h2-9,20H,10-11H2,1H3,(H,25,28). The molecule has 0 spiro atoms. The van der Waals surface area contributed by atoms with E-state index in [1.807, 2.05) is 0 Å². The van der Waals surface area contributed by atoms with E-state index in [0.29, 0.717) is 11.3 Å². The van der Waals surface area contributed by atoms with Crippen molar-refractivity contribution in [2.75, 3.05) is 0 Å². The maximum Gasteiger partial charge on any atom is 0.387 e. The fraction of sp³-hybridized carbons (Fsp3) is 0.200. The first-order valence-corrected chi connectivity index (χ1v) is 9.01. The molecular formula is C20H17ClF3N3O2. The van der Waals surface area contributed by atoms with Crippen LogP contribution in [0.25, 0.3) is 0 Å². The van der Waals surface area contributed by atoms with Crippen molar-refractivity contribution in [3.05, 3.63) is 81.9 Å². The van der Waals surface area contributed by atoms with Crippen molar-refractivity contribution in [3.63, 3.8) is 0 Å². The smallest absolute Gasteiger partial charge is 0.387 e. The normalized spacial score (nSPS) is 11.0. The van der Waals surface area contributed by atoms with Gasteiger partial charge in [-0.25, -0.2) is 9.07 Å². The fourth-order valence-electron chi connectivity index (χ4n) is 2.80. The van der Waals surface area contributed by atoms with Crippen LogP contribution in [0.4, 0.5) is 13.2 Å². The Morgan fingerprint density at radius 1 is 1.21 bits per heavy atom. The minimum absolute atomic E-state index is 0.0161. The number of alkyl halides is 2. The second kappa shape index (κ2) is 9.00. The molecule has 0 aliphatic heterocycles. The lowest BCUT2D eigenvalue weighted by Gasteiger charge is -2.11. The molecule has 152 valence electrons. The molecule has 1 amide bonds. The van der Waals surface area contributed by atoms with Gasteiger partial charge in [0, 0.05) is 12.1 Å². The number of carbonyl (C=O) groups excluding carboxylic acids is 1. The first kappa shape index (κ1) is 20.7. The Kier molecular flexibility index (Phi) is 6.43. The molecule has 1 N–H and O–H groups in total. The molecule has 0 radical (unpaired) electrons. The van der Waals surface area contributed by atoms with Crippen molar-refractivity contribution in [1.82, 2.24) is 15.1 Å². The Morgan fingerprint density at radius 3 is 2.59 bits per heavy atom. The zero-order valence-electron chi connectivity index (χ0n) is 15.3. The summed E-state index contributed by atoms with van der Waals surface area (Å²) in [6.45, 7) is -1.09. The lowest BCUT2D eigenvalue weighted by molar-refractivity contribution is -0.0504. The molecule has 1 aromatic heterocycles. The summed E-state index contributed by atoms with van der Waals surface area (Å²) < 4.78 is 44.0. The minimum Gasteiger partial charge on any atom is -0.434 e. The first-order valence-electron chi connectivity index (χ1n) is 8.63. The number of nitrogens with one attached hydrogen (secondary N) is 1. The predicted octanol–water partition coefficient (Wildman–Crippen LogP) is 4.56. The van der Waals surface area contributed by atoms with Gasteiger partial charge in [-0.05, 0) is 30.7 Å². The van der Waals surface area contributed by atoms with Crippen molar-refractivity contribution < 1.29 is 22.7 Å². The Balaban J connectivity index is 1.73. The largest absolute Gasteiger partial charge is 0.434 e. The van der Waals surface area contributed by atoms with E-state index in [1.54, 1.807) is 37.3 Å². The van der Waals surface area contributed by atoms with Crippen LogP contribution in [0.1, 0.15) is 27.2 Å². The molecule has 1 heterocycles. The molecule has 3 rings (SSSR count). The van der Waals surface area contributed by atoms with Crippen molar-refractivity contribution >= 4 is 17.5 Å². The van der Waals surface area contributed by atoms with Crippen LogP contribution in [-0.4, -0.2) is 22.3 Å². The average Bonchev–Trinajstić information content (AvgIpc) is 2.95. The summed E-state index contributed by atoms with van der Waals surface area (Å²) >= 11 is 6.33. The fourth-order valence-corrected chi connectivity index (χ4v) is 3.12. The Bertz CT molecular complexity index is 1010. The van der Waals surface area contributed by atoms with E-state index in [-0.39, 0.29) is 35.4 Å². The molecule has 0 saturated carbocycles. The average molecular weight is 424 g/mol. The third-order valence-electron chi connectivity index (χ3n) is 4.17. The maximum atomic E-state index is 13.0. The molecule has 0 aliphatic carbocycles. The quantitative estimate of drug-likeness (QED) is 0.606. The number of aromatic nitrogens is 2. The summed E-state index contributed by atoms with van der Waals surface area (Å²) in [5.41, 5.74) is 1.75. The summed E-state index contributed by atoms with van der Waals surface area (Å²) in [4.78, 5) is 12.6. The lowest BCUT2D eigenvalue weighted by Crippen LogP contribution is -2.24. The van der Waals surface area contributed by atoms with Crippen LogP contribution in [0.2, 0.25) is 5.15 Å². The molecule has 29 heavy (non-hydrogen) atoms. The van der Waals surface area contributed by atoms with Gasteiger partial charge in [0.15, 0.2) is 0 Å². The number of aryl methyl sites for hydroxylation is 1. The molecule has 5 nitrogen and oxygen atoms in total. The van der Waals surface area contributed by atoms with Crippen LogP contribution in [-0.2, 0) is 13.1 Å². The van der Waals surface area contributed by atoms with Gasteiger partial charge in [-0.15, -0.1) is 0 Å². The van der Waals surface area contributed by atoms with Crippen molar-refractivity contribution in [2.45, 2.75) is 26.6 Å². The summed E-state index contributed by atoms with van der Waals surface area (Å²) in [7, 11) is 0. The molecule has 0 atom stereocenters. The summed E-state index contributed by atoms with van der Waals surface area (Å²) in [6, 6.07) is 12.0. The molecule has 9 heteroatoms. The molecule has 0 saturated heterocycles.